The van der Waals surface area contributed by atoms with E-state index in [1.54, 1.807) is 6.21 Å². The number of hydrogen-bond acceptors (Lipinski definition) is 3. The standard InChI is InChI=1S/C14H14ClN5.C2H4O2/c15-11-5-7-13(8-6-11)20-10-2-4-12(20)3-1-9-18-19-14(16)17;1-2(3)4/h1-10H,(H4,16,17,19);1H3,(H,3,4). The first-order valence-electron chi connectivity index (χ1n) is 6.85. The highest BCUT2D eigenvalue weighted by atomic mass is 35.5. The number of nitrogens with one attached hydrogen (secondary N) is 1. The average molecular weight is 348 g/mol. The number of carbonyl (C=O) groups is 1. The third-order valence-electron chi connectivity index (χ3n) is 2.52. The van der Waals surface area contributed by atoms with E-state index in [1.807, 2.05) is 59.3 Å². The quantitative estimate of drug-likeness (QED) is 0.382. The Balaban J connectivity index is 0.000000648. The van der Waals surface area contributed by atoms with Crippen LogP contribution in [0.25, 0.3) is 11.8 Å². The first kappa shape index (κ1) is 19.0. The molecular weight excluding hydrogens is 330 g/mol. The summed E-state index contributed by atoms with van der Waals surface area (Å²) in [7, 11) is 0. The average Bonchev–Trinajstić information content (AvgIpc) is 2.95. The van der Waals surface area contributed by atoms with Crippen molar-refractivity contribution in [2.45, 2.75) is 6.92 Å². The molecule has 0 aliphatic rings. The van der Waals surface area contributed by atoms with Gasteiger partial charge in [0, 0.05) is 39.7 Å². The van der Waals surface area contributed by atoms with E-state index in [0.717, 1.165) is 18.3 Å². The summed E-state index contributed by atoms with van der Waals surface area (Å²) in [6, 6.07) is 11.6. The first-order valence-corrected chi connectivity index (χ1v) is 7.23. The van der Waals surface area contributed by atoms with Gasteiger partial charge in [0.25, 0.3) is 5.96 Å². The number of benzene rings is 1. The van der Waals surface area contributed by atoms with E-state index in [4.69, 9.17) is 33.0 Å². The number of hydrazone groups is 1. The zero-order chi connectivity index (χ0) is 17.9. The summed E-state index contributed by atoms with van der Waals surface area (Å²) in [5.74, 6) is -1.10. The molecule has 1 aromatic carbocycles. The van der Waals surface area contributed by atoms with Crippen LogP contribution in [0.2, 0.25) is 5.02 Å². The number of halogens is 1. The number of nitrogens with zero attached hydrogens (tertiary/aromatic N) is 2. The number of carboxylic acid groups (broad SMARTS) is 1. The fourth-order valence-corrected chi connectivity index (χ4v) is 1.79. The molecule has 0 bridgehead atoms. The summed E-state index contributed by atoms with van der Waals surface area (Å²) in [5, 5.41) is 15.8. The van der Waals surface area contributed by atoms with Crippen LogP contribution in [0, 0.1) is 0 Å². The molecule has 1 heterocycles. The molecule has 0 saturated carbocycles. The Morgan fingerprint density at radius 1 is 1.29 bits per heavy atom. The summed E-state index contributed by atoms with van der Waals surface area (Å²) in [5.41, 5.74) is 12.4. The maximum absolute atomic E-state index is 8.89. The van der Waals surface area contributed by atoms with Crippen molar-refractivity contribution < 1.29 is 15.0 Å². The zero-order valence-corrected chi connectivity index (χ0v) is 13.8. The van der Waals surface area contributed by atoms with Gasteiger partial charge in [0.2, 0.25) is 0 Å². The van der Waals surface area contributed by atoms with Crippen LogP contribution in [0.15, 0.2) is 53.8 Å². The Labute approximate surface area is 144 Å². The lowest BCUT2D eigenvalue weighted by atomic mass is 10.3. The van der Waals surface area contributed by atoms with Gasteiger partial charge >= 0.3 is 0 Å². The van der Waals surface area contributed by atoms with Crippen molar-refractivity contribution in [3.8, 4) is 5.69 Å². The van der Waals surface area contributed by atoms with Gasteiger partial charge in [0.15, 0.2) is 6.21 Å². The molecule has 0 unspecified atom stereocenters. The van der Waals surface area contributed by atoms with Gasteiger partial charge in [0.05, 0.1) is 0 Å². The monoisotopic (exact) mass is 347 g/mol. The molecule has 0 aliphatic heterocycles. The first-order chi connectivity index (χ1) is 11.4. The molecule has 5 N–H and O–H groups in total. The van der Waals surface area contributed by atoms with Crippen LogP contribution in [0.4, 0.5) is 0 Å². The molecule has 2 rings (SSSR count). The smallest absolute Gasteiger partial charge is 0.256 e. The van der Waals surface area contributed by atoms with Crippen LogP contribution < -0.4 is 21.7 Å². The minimum absolute atomic E-state index is 0.0146. The number of carboxylic acids is 1. The predicted molar refractivity (Wildman–Crippen MR) is 93.3 cm³/mol. The van der Waals surface area contributed by atoms with Crippen molar-refractivity contribution in [1.29, 1.82) is 0 Å². The van der Waals surface area contributed by atoms with Gasteiger partial charge < -0.3 is 25.9 Å². The van der Waals surface area contributed by atoms with Crippen molar-refractivity contribution in [2.24, 2.45) is 16.6 Å². The molecule has 126 valence electrons. The lowest BCUT2D eigenvalue weighted by Crippen LogP contribution is -2.63. The van der Waals surface area contributed by atoms with Crippen LogP contribution in [0.5, 0.6) is 0 Å². The highest BCUT2D eigenvalue weighted by molar-refractivity contribution is 6.30. The molecule has 8 heteroatoms. The molecule has 0 spiro atoms. The molecule has 0 aliphatic carbocycles. The van der Waals surface area contributed by atoms with E-state index < -0.39 is 5.97 Å². The second-order valence-electron chi connectivity index (χ2n) is 4.46. The fraction of sp³-hybridized carbons (Fsp3) is 0.0625. The SMILES string of the molecule is CC(=O)[O-].NC(N)=N[NH+]=CC=Cc1cccn1-c1ccc(Cl)cc1. The van der Waals surface area contributed by atoms with Crippen molar-refractivity contribution in [3.05, 3.63) is 59.4 Å². The maximum Gasteiger partial charge on any atom is 0.256 e. The van der Waals surface area contributed by atoms with Crippen LogP contribution >= 0.6 is 11.6 Å². The molecule has 1 aromatic heterocycles. The summed E-state index contributed by atoms with van der Waals surface area (Å²) >= 11 is 5.89. The van der Waals surface area contributed by atoms with E-state index in [2.05, 4.69) is 10.2 Å². The van der Waals surface area contributed by atoms with Crippen molar-refractivity contribution >= 4 is 35.8 Å². The Bertz CT molecular complexity index is 740. The fourth-order valence-electron chi connectivity index (χ4n) is 1.67. The van der Waals surface area contributed by atoms with Gasteiger partial charge in [-0.1, -0.05) is 11.6 Å². The van der Waals surface area contributed by atoms with E-state index >= 15 is 0 Å². The Hall–Kier alpha value is -3.06. The zero-order valence-electron chi connectivity index (χ0n) is 13.0. The molecule has 0 atom stereocenters. The third-order valence-corrected chi connectivity index (χ3v) is 2.77. The van der Waals surface area contributed by atoms with Crippen LogP contribution in [-0.4, -0.2) is 22.7 Å². The van der Waals surface area contributed by atoms with Gasteiger partial charge in [0.1, 0.15) is 0 Å². The van der Waals surface area contributed by atoms with E-state index in [9.17, 15) is 0 Å². The Kier molecular flexibility index (Phi) is 7.80. The molecule has 2 aromatic rings. The second-order valence-corrected chi connectivity index (χ2v) is 4.90. The summed E-state index contributed by atoms with van der Waals surface area (Å²) < 4.78 is 2.04. The topological polar surface area (TPSA) is 123 Å². The molecular formula is C16H18ClN5O2. The minimum Gasteiger partial charge on any atom is -0.550 e. The Morgan fingerprint density at radius 2 is 1.92 bits per heavy atom. The summed E-state index contributed by atoms with van der Waals surface area (Å²) in [4.78, 5) is 8.89. The van der Waals surface area contributed by atoms with E-state index in [-0.39, 0.29) is 5.96 Å². The molecule has 0 fully saturated rings. The van der Waals surface area contributed by atoms with Crippen LogP contribution in [0.3, 0.4) is 0 Å². The minimum atomic E-state index is -1.08. The predicted octanol–water partition coefficient (Wildman–Crippen LogP) is -0.760. The van der Waals surface area contributed by atoms with Gasteiger partial charge in [-0.05, 0) is 49.4 Å². The lowest BCUT2D eigenvalue weighted by Gasteiger charge is -2.05. The number of aliphatic carboxylic acids is 1. The molecule has 7 nitrogen and oxygen atoms in total. The number of guanidine groups is 1. The highest BCUT2D eigenvalue weighted by Gasteiger charge is 2.00. The van der Waals surface area contributed by atoms with Gasteiger partial charge in [-0.15, -0.1) is 5.10 Å². The highest BCUT2D eigenvalue weighted by Crippen LogP contribution is 2.16. The maximum atomic E-state index is 8.89. The largest absolute Gasteiger partial charge is 0.550 e. The van der Waals surface area contributed by atoms with E-state index in [0.29, 0.717) is 5.02 Å². The van der Waals surface area contributed by atoms with Crippen molar-refractivity contribution in [1.82, 2.24) is 4.57 Å². The normalized spacial score (nSPS) is 10.4. The van der Waals surface area contributed by atoms with Crippen LogP contribution in [0.1, 0.15) is 12.6 Å². The van der Waals surface area contributed by atoms with Gasteiger partial charge in [-0.25, -0.2) is 0 Å². The number of allylic oxidation sites excluding steroid dienone is 1. The third kappa shape index (κ3) is 7.28. The van der Waals surface area contributed by atoms with Crippen molar-refractivity contribution in [2.75, 3.05) is 0 Å². The van der Waals surface area contributed by atoms with Gasteiger partial charge in [-0.2, -0.15) is 0 Å². The number of aromatic nitrogens is 1. The summed E-state index contributed by atoms with van der Waals surface area (Å²) in [6.45, 7) is 0.972. The number of nitrogens with two attached hydrogens (primary N) is 2. The molecule has 24 heavy (non-hydrogen) atoms. The molecule has 0 amide bonds. The lowest BCUT2D eigenvalue weighted by molar-refractivity contribution is -0.456. The molecule has 0 saturated heterocycles. The summed E-state index contributed by atoms with van der Waals surface area (Å²) in [6.07, 6.45) is 7.36. The number of rotatable bonds is 4. The Morgan fingerprint density at radius 3 is 2.50 bits per heavy atom. The second kappa shape index (κ2) is 9.86. The van der Waals surface area contributed by atoms with Crippen LogP contribution in [-0.2, 0) is 4.79 Å². The van der Waals surface area contributed by atoms with Crippen molar-refractivity contribution in [3.63, 3.8) is 0 Å². The number of carbonyl (C=O) groups excluding carboxylic acids is 1. The van der Waals surface area contributed by atoms with E-state index in [1.165, 1.54) is 0 Å². The number of hydrogen-bond donors (Lipinski definition) is 3. The van der Waals surface area contributed by atoms with Gasteiger partial charge in [-0.3, -0.25) is 0 Å². The molecule has 0 radical (unpaired) electrons.